The van der Waals surface area contributed by atoms with Crippen molar-refractivity contribution in [2.24, 2.45) is 0 Å². The molecule has 2 heterocycles. The Morgan fingerprint density at radius 1 is 0.339 bits per heavy atom. The first-order valence-corrected chi connectivity index (χ1v) is 21.3. The number of fused-ring (bicyclic) bond motifs is 3. The number of benzene rings is 9. The highest BCUT2D eigenvalue weighted by molar-refractivity contribution is 6.09. The van der Waals surface area contributed by atoms with E-state index in [9.17, 15) is 0 Å². The molecule has 0 aliphatic carbocycles. The lowest BCUT2D eigenvalue weighted by molar-refractivity contribution is 0.975. The summed E-state index contributed by atoms with van der Waals surface area (Å²) in [5, 5.41) is 6.47. The Labute approximate surface area is 363 Å². The van der Waals surface area contributed by atoms with E-state index in [0.717, 1.165) is 44.9 Å². The summed E-state index contributed by atoms with van der Waals surface area (Å²) in [6.45, 7) is 0. The van der Waals surface area contributed by atoms with Gasteiger partial charge in [-0.25, -0.2) is 4.98 Å². The number of pyridine rings is 1. The fourth-order valence-corrected chi connectivity index (χ4v) is 8.96. The molecule has 2 heteroatoms. The van der Waals surface area contributed by atoms with Gasteiger partial charge in [0, 0.05) is 22.3 Å². The number of anilines is 1. The number of nitrogens with zero attached hydrogens (tertiary/aromatic N) is 1. The summed E-state index contributed by atoms with van der Waals surface area (Å²) in [4.78, 5) is 5.36. The maximum Gasteiger partial charge on any atom is 0.0715 e. The Morgan fingerprint density at radius 3 is 1.40 bits per heavy atom. The third kappa shape index (κ3) is 7.18. The van der Waals surface area contributed by atoms with Crippen LogP contribution in [0.15, 0.2) is 243 Å². The van der Waals surface area contributed by atoms with Crippen molar-refractivity contribution >= 4 is 22.0 Å². The van der Waals surface area contributed by atoms with Crippen LogP contribution in [0.3, 0.4) is 0 Å². The molecule has 1 aliphatic heterocycles. The average Bonchev–Trinajstić information content (AvgIpc) is 3.37. The van der Waals surface area contributed by atoms with Crippen molar-refractivity contribution in [3.8, 4) is 67.0 Å². The van der Waals surface area contributed by atoms with Gasteiger partial charge in [-0.15, -0.1) is 0 Å². The Balaban J connectivity index is 1.04. The van der Waals surface area contributed by atoms with Gasteiger partial charge in [0.1, 0.15) is 0 Å². The van der Waals surface area contributed by atoms with Crippen LogP contribution in [-0.4, -0.2) is 4.98 Å². The van der Waals surface area contributed by atoms with Gasteiger partial charge in [0.05, 0.1) is 23.1 Å². The minimum atomic E-state index is 0.00698. The molecule has 1 atom stereocenters. The quantitative estimate of drug-likeness (QED) is 0.166. The van der Waals surface area contributed by atoms with Crippen molar-refractivity contribution < 1.29 is 0 Å². The number of aromatic nitrogens is 1. The van der Waals surface area contributed by atoms with Crippen LogP contribution in [-0.2, 0) is 0 Å². The van der Waals surface area contributed by atoms with Gasteiger partial charge in [0.2, 0.25) is 0 Å². The van der Waals surface area contributed by atoms with Gasteiger partial charge in [-0.1, -0.05) is 206 Å². The largest absolute Gasteiger partial charge is 0.374 e. The van der Waals surface area contributed by atoms with Crippen LogP contribution in [0, 0.1) is 0 Å². The molecule has 1 unspecified atom stereocenters. The molecule has 0 radical (unpaired) electrons. The van der Waals surface area contributed by atoms with Crippen molar-refractivity contribution in [2.45, 2.75) is 6.04 Å². The van der Waals surface area contributed by atoms with E-state index in [1.807, 2.05) is 0 Å². The molecule has 11 rings (SSSR count). The maximum absolute atomic E-state index is 5.36. The van der Waals surface area contributed by atoms with Crippen LogP contribution >= 0.6 is 0 Å². The predicted molar refractivity (Wildman–Crippen MR) is 261 cm³/mol. The molecule has 9 aromatic carbocycles. The Morgan fingerprint density at radius 2 is 0.806 bits per heavy atom. The predicted octanol–water partition coefficient (Wildman–Crippen LogP) is 15.8. The van der Waals surface area contributed by atoms with E-state index in [-0.39, 0.29) is 6.04 Å². The highest BCUT2D eigenvalue weighted by Gasteiger charge is 2.26. The van der Waals surface area contributed by atoms with Gasteiger partial charge < -0.3 is 5.32 Å². The zero-order valence-corrected chi connectivity index (χ0v) is 34.1. The summed E-state index contributed by atoms with van der Waals surface area (Å²) in [7, 11) is 0. The molecule has 0 fully saturated rings. The molecule has 0 saturated heterocycles. The van der Waals surface area contributed by atoms with Crippen LogP contribution < -0.4 is 5.32 Å². The van der Waals surface area contributed by atoms with Crippen molar-refractivity contribution in [3.05, 3.63) is 259 Å². The molecule has 292 valence electrons. The lowest BCUT2D eigenvalue weighted by atomic mass is 9.83. The molecule has 0 amide bonds. The normalized spacial score (nSPS) is 13.2. The lowest BCUT2D eigenvalue weighted by Crippen LogP contribution is -2.16. The maximum atomic E-state index is 5.36. The van der Waals surface area contributed by atoms with Crippen molar-refractivity contribution in [3.63, 3.8) is 0 Å². The summed E-state index contributed by atoms with van der Waals surface area (Å²) in [5.74, 6) is 0. The molecule has 10 aromatic rings. The van der Waals surface area contributed by atoms with Gasteiger partial charge in [-0.05, 0) is 103 Å². The topological polar surface area (TPSA) is 24.9 Å². The van der Waals surface area contributed by atoms with Crippen LogP contribution in [0.5, 0.6) is 0 Å². The number of rotatable bonds is 8. The second-order valence-electron chi connectivity index (χ2n) is 16.0. The van der Waals surface area contributed by atoms with E-state index in [2.05, 4.69) is 248 Å². The van der Waals surface area contributed by atoms with Crippen molar-refractivity contribution in [1.82, 2.24) is 4.98 Å². The minimum absolute atomic E-state index is 0.00698. The molecule has 1 aliphatic rings. The molecule has 2 nitrogen and oxygen atoms in total. The van der Waals surface area contributed by atoms with E-state index < -0.39 is 0 Å². The number of nitrogens with one attached hydrogen (secondary N) is 1. The standard InChI is InChI=1S/C60H42N2/c1-5-17-41(18-6-1)47-26-15-28-50(35-47)56-38-52(39-57(61-56)51-29-16-27-48(36-51)42-19-7-2-8-20-42)43-31-33-45(34-32-43)55-37-49-25-13-14-30-53(49)59-54(44-21-9-3-10-22-44)40-58(62-60(55)59)46-23-11-4-12-24-46/h1-40,58,62H. The Kier molecular flexibility index (Phi) is 9.65. The van der Waals surface area contributed by atoms with Gasteiger partial charge in [0.25, 0.3) is 0 Å². The summed E-state index contributed by atoms with van der Waals surface area (Å²) in [5.41, 5.74) is 19.4. The molecule has 1 N–H and O–H groups in total. The van der Waals surface area contributed by atoms with Gasteiger partial charge in [-0.3, -0.25) is 0 Å². The van der Waals surface area contributed by atoms with Crippen LogP contribution in [0.25, 0.3) is 83.4 Å². The Bertz CT molecular complexity index is 3130. The molecular weight excluding hydrogens is 749 g/mol. The zero-order valence-electron chi connectivity index (χ0n) is 34.1. The highest BCUT2D eigenvalue weighted by Crippen LogP contribution is 2.48. The summed E-state index contributed by atoms with van der Waals surface area (Å²) < 4.78 is 0. The van der Waals surface area contributed by atoms with E-state index in [4.69, 9.17) is 4.98 Å². The van der Waals surface area contributed by atoms with Crippen LogP contribution in [0.2, 0.25) is 0 Å². The van der Waals surface area contributed by atoms with Crippen molar-refractivity contribution in [2.75, 3.05) is 5.32 Å². The number of hydrogen-bond acceptors (Lipinski definition) is 2. The highest BCUT2D eigenvalue weighted by atomic mass is 14.9. The third-order valence-corrected chi connectivity index (χ3v) is 12.1. The van der Waals surface area contributed by atoms with Crippen LogP contribution in [0.4, 0.5) is 5.69 Å². The zero-order chi connectivity index (χ0) is 41.2. The Hall–Kier alpha value is -8.07. The first-order valence-electron chi connectivity index (χ1n) is 21.3. The molecule has 0 saturated carbocycles. The first-order chi connectivity index (χ1) is 30.7. The average molecular weight is 791 g/mol. The monoisotopic (exact) mass is 790 g/mol. The molecule has 62 heavy (non-hydrogen) atoms. The second-order valence-corrected chi connectivity index (χ2v) is 16.0. The third-order valence-electron chi connectivity index (χ3n) is 12.1. The minimum Gasteiger partial charge on any atom is -0.374 e. The van der Waals surface area contributed by atoms with Gasteiger partial charge in [-0.2, -0.15) is 0 Å². The summed E-state index contributed by atoms with van der Waals surface area (Å²) >= 11 is 0. The van der Waals surface area contributed by atoms with Crippen LogP contribution in [0.1, 0.15) is 22.7 Å². The summed E-state index contributed by atoms with van der Waals surface area (Å²) in [6.07, 6.45) is 2.40. The fourth-order valence-electron chi connectivity index (χ4n) is 8.96. The van der Waals surface area contributed by atoms with Gasteiger partial charge >= 0.3 is 0 Å². The molecule has 1 aromatic heterocycles. The molecule has 0 bridgehead atoms. The SMILES string of the molecule is C1=C(c2ccccc2)c2c(c(-c3ccc(-c4cc(-c5cccc(-c6ccccc6)c5)nc(-c5cccc(-c6ccccc6)c5)c4)cc3)cc3ccccc23)NC1c1ccccc1. The molecular formula is C60H42N2. The molecule has 0 spiro atoms. The fraction of sp³-hybridized carbons (Fsp3) is 0.0167. The second kappa shape index (κ2) is 16.2. The lowest BCUT2D eigenvalue weighted by Gasteiger charge is -2.30. The van der Waals surface area contributed by atoms with Crippen molar-refractivity contribution in [1.29, 1.82) is 0 Å². The van der Waals surface area contributed by atoms with E-state index >= 15 is 0 Å². The summed E-state index contributed by atoms with van der Waals surface area (Å²) in [6, 6.07) is 84.9. The number of hydrogen-bond donors (Lipinski definition) is 1. The van der Waals surface area contributed by atoms with E-state index in [1.54, 1.807) is 0 Å². The van der Waals surface area contributed by atoms with E-state index in [1.165, 1.54) is 60.9 Å². The smallest absolute Gasteiger partial charge is 0.0715 e. The van der Waals surface area contributed by atoms with Gasteiger partial charge in [0.15, 0.2) is 0 Å². The van der Waals surface area contributed by atoms with E-state index in [0.29, 0.717) is 0 Å². The first kappa shape index (κ1) is 37.0.